The van der Waals surface area contributed by atoms with Gasteiger partial charge in [-0.05, 0) is 67.2 Å². The van der Waals surface area contributed by atoms with E-state index in [0.29, 0.717) is 17.3 Å². The van der Waals surface area contributed by atoms with Gasteiger partial charge in [-0.3, -0.25) is 4.90 Å². The molecule has 8 heteroatoms. The first-order valence-electron chi connectivity index (χ1n) is 13.2. The zero-order valence-electron chi connectivity index (χ0n) is 21.3. The smallest absolute Gasteiger partial charge is 0.173 e. The highest BCUT2D eigenvalue weighted by molar-refractivity contribution is 7.80. The fraction of sp³-hybridized carbons (Fsp3) is 0.536. The number of benzene rings is 2. The molecule has 2 aromatic rings. The van der Waals surface area contributed by atoms with Crippen LogP contribution in [-0.2, 0) is 17.7 Å². The number of ether oxygens (including phenoxy) is 1. The monoisotopic (exact) mass is 516 g/mol. The van der Waals surface area contributed by atoms with E-state index in [9.17, 15) is 8.78 Å². The zero-order chi connectivity index (χ0) is 25.3. The van der Waals surface area contributed by atoms with Crippen molar-refractivity contribution in [1.29, 1.82) is 0 Å². The molecule has 0 aromatic heterocycles. The van der Waals surface area contributed by atoms with Crippen LogP contribution in [0, 0.1) is 11.6 Å². The molecule has 5 nitrogen and oxygen atoms in total. The molecule has 36 heavy (non-hydrogen) atoms. The van der Waals surface area contributed by atoms with Crippen molar-refractivity contribution < 1.29 is 13.5 Å². The lowest BCUT2D eigenvalue weighted by Gasteiger charge is -2.32. The number of halogens is 2. The summed E-state index contributed by atoms with van der Waals surface area (Å²) in [5.74, 6) is -1.25. The van der Waals surface area contributed by atoms with Crippen LogP contribution in [0.3, 0.4) is 0 Å². The van der Waals surface area contributed by atoms with E-state index >= 15 is 0 Å². The van der Waals surface area contributed by atoms with E-state index in [1.165, 1.54) is 48.2 Å². The fourth-order valence-corrected chi connectivity index (χ4v) is 5.29. The van der Waals surface area contributed by atoms with Crippen LogP contribution in [0.2, 0.25) is 0 Å². The van der Waals surface area contributed by atoms with E-state index in [1.807, 2.05) is 0 Å². The van der Waals surface area contributed by atoms with E-state index in [4.69, 9.17) is 17.0 Å². The minimum Gasteiger partial charge on any atom is -0.379 e. The van der Waals surface area contributed by atoms with Crippen LogP contribution in [0.15, 0.2) is 36.4 Å². The van der Waals surface area contributed by atoms with Crippen LogP contribution in [-0.4, -0.2) is 67.4 Å². The van der Waals surface area contributed by atoms with E-state index in [-0.39, 0.29) is 0 Å². The van der Waals surface area contributed by atoms with Crippen LogP contribution in [0.4, 0.5) is 20.2 Å². The van der Waals surface area contributed by atoms with Crippen molar-refractivity contribution in [3.8, 4) is 0 Å². The van der Waals surface area contributed by atoms with Crippen LogP contribution >= 0.6 is 12.2 Å². The summed E-state index contributed by atoms with van der Waals surface area (Å²) < 4.78 is 33.0. The molecule has 2 aromatic carbocycles. The third kappa shape index (κ3) is 7.60. The molecule has 0 amide bonds. The van der Waals surface area contributed by atoms with Crippen LogP contribution in [0.1, 0.15) is 43.7 Å². The van der Waals surface area contributed by atoms with Gasteiger partial charge in [-0.15, -0.1) is 0 Å². The normalized spacial score (nSPS) is 16.0. The number of unbranched alkanes of at least 4 members (excludes halogenated alkanes) is 1. The van der Waals surface area contributed by atoms with Crippen molar-refractivity contribution in [2.24, 2.45) is 0 Å². The quantitative estimate of drug-likeness (QED) is 0.424. The number of nitrogens with one attached hydrogen (secondary N) is 1. The van der Waals surface area contributed by atoms with Gasteiger partial charge in [0, 0.05) is 63.3 Å². The maximum atomic E-state index is 13.7. The van der Waals surface area contributed by atoms with Gasteiger partial charge in [0.2, 0.25) is 0 Å². The van der Waals surface area contributed by atoms with Gasteiger partial charge in [0.05, 0.1) is 13.2 Å². The molecule has 1 fully saturated rings. The predicted octanol–water partition coefficient (Wildman–Crippen LogP) is 5.44. The van der Waals surface area contributed by atoms with E-state index in [1.54, 1.807) is 0 Å². The van der Waals surface area contributed by atoms with Crippen LogP contribution < -0.4 is 10.2 Å². The third-order valence-electron chi connectivity index (χ3n) is 6.92. The number of hydrogen-bond donors (Lipinski definition) is 1. The molecule has 0 atom stereocenters. The molecule has 2 heterocycles. The summed E-state index contributed by atoms with van der Waals surface area (Å²) in [4.78, 5) is 7.03. The van der Waals surface area contributed by atoms with E-state index in [0.717, 1.165) is 71.4 Å². The molecule has 1 saturated heterocycles. The van der Waals surface area contributed by atoms with Gasteiger partial charge in [0.15, 0.2) is 5.11 Å². The molecule has 2 aliphatic heterocycles. The van der Waals surface area contributed by atoms with E-state index < -0.39 is 11.6 Å². The SMILES string of the molecule is CCCCN1CCCc2cc(CN(CCCN3CCOCC3)C(=S)Nc3cc(F)cc(F)c3)ccc21. The molecule has 196 valence electrons. The molecular formula is C28H38F2N4OS. The Kier molecular flexibility index (Phi) is 9.90. The van der Waals surface area contributed by atoms with Gasteiger partial charge >= 0.3 is 0 Å². The number of rotatable bonds is 10. The number of aryl methyl sites for hydroxylation is 1. The Labute approximate surface area is 219 Å². The molecule has 0 bridgehead atoms. The highest BCUT2D eigenvalue weighted by Crippen LogP contribution is 2.29. The Balaban J connectivity index is 1.45. The number of hydrogen-bond acceptors (Lipinski definition) is 4. The third-order valence-corrected chi connectivity index (χ3v) is 7.28. The molecule has 0 unspecified atom stereocenters. The predicted molar refractivity (Wildman–Crippen MR) is 147 cm³/mol. The second-order valence-electron chi connectivity index (χ2n) is 9.72. The summed E-state index contributed by atoms with van der Waals surface area (Å²) in [7, 11) is 0. The number of morpholine rings is 1. The van der Waals surface area contributed by atoms with Gasteiger partial charge in [0.25, 0.3) is 0 Å². The number of fused-ring (bicyclic) bond motifs is 1. The first kappa shape index (κ1) is 26.8. The summed E-state index contributed by atoms with van der Waals surface area (Å²) in [6.45, 7) is 10.3. The summed E-state index contributed by atoms with van der Waals surface area (Å²) in [6.07, 6.45) is 5.61. The maximum absolute atomic E-state index is 13.7. The van der Waals surface area contributed by atoms with Crippen molar-refractivity contribution in [1.82, 2.24) is 9.80 Å². The zero-order valence-corrected chi connectivity index (χ0v) is 22.1. The summed E-state index contributed by atoms with van der Waals surface area (Å²) in [5, 5.41) is 3.54. The molecule has 0 spiro atoms. The average Bonchev–Trinajstić information content (AvgIpc) is 2.86. The Morgan fingerprint density at radius 3 is 2.56 bits per heavy atom. The Morgan fingerprint density at radius 2 is 1.81 bits per heavy atom. The van der Waals surface area contributed by atoms with E-state index in [2.05, 4.69) is 45.1 Å². The molecule has 1 N–H and O–H groups in total. The van der Waals surface area contributed by atoms with Crippen LogP contribution in [0.25, 0.3) is 0 Å². The van der Waals surface area contributed by atoms with Crippen molar-refractivity contribution in [3.63, 3.8) is 0 Å². The van der Waals surface area contributed by atoms with Gasteiger partial charge in [-0.1, -0.05) is 25.5 Å². The van der Waals surface area contributed by atoms with Crippen molar-refractivity contribution in [2.45, 2.75) is 45.6 Å². The highest BCUT2D eigenvalue weighted by Gasteiger charge is 2.19. The van der Waals surface area contributed by atoms with Crippen molar-refractivity contribution in [3.05, 3.63) is 59.2 Å². The molecular weight excluding hydrogens is 478 g/mol. The second kappa shape index (κ2) is 13.3. The van der Waals surface area contributed by atoms with Gasteiger partial charge in [-0.25, -0.2) is 8.78 Å². The average molecular weight is 517 g/mol. The Hall–Kier alpha value is -2.29. The lowest BCUT2D eigenvalue weighted by Crippen LogP contribution is -2.40. The Morgan fingerprint density at radius 1 is 1.03 bits per heavy atom. The Bertz CT molecular complexity index is 995. The lowest BCUT2D eigenvalue weighted by atomic mass is 9.98. The summed E-state index contributed by atoms with van der Waals surface area (Å²) in [5.41, 5.74) is 4.28. The minimum atomic E-state index is -0.624. The van der Waals surface area contributed by atoms with Gasteiger partial charge in [-0.2, -0.15) is 0 Å². The lowest BCUT2D eigenvalue weighted by molar-refractivity contribution is 0.0368. The standard InChI is InChI=1S/C28H38F2N4OS/c1-2-3-10-33-11-4-6-23-17-22(7-8-27(23)33)21-34(12-5-9-32-13-15-35-16-14-32)28(36)31-26-19-24(29)18-25(30)20-26/h7-8,17-20H,2-6,9-16,21H2,1H3,(H,31,36). The van der Waals surface area contributed by atoms with Crippen molar-refractivity contribution in [2.75, 3.05) is 62.7 Å². The topological polar surface area (TPSA) is 31.0 Å². The molecule has 0 saturated carbocycles. The van der Waals surface area contributed by atoms with Gasteiger partial charge < -0.3 is 19.9 Å². The first-order valence-corrected chi connectivity index (χ1v) is 13.6. The van der Waals surface area contributed by atoms with Crippen molar-refractivity contribution >= 4 is 28.7 Å². The second-order valence-corrected chi connectivity index (χ2v) is 10.1. The fourth-order valence-electron chi connectivity index (χ4n) is 5.02. The van der Waals surface area contributed by atoms with Crippen LogP contribution in [0.5, 0.6) is 0 Å². The molecule has 4 rings (SSSR count). The van der Waals surface area contributed by atoms with Gasteiger partial charge in [0.1, 0.15) is 11.6 Å². The summed E-state index contributed by atoms with van der Waals surface area (Å²) in [6, 6.07) is 10.2. The first-order chi connectivity index (χ1) is 17.5. The number of thiocarbonyl (C=S) groups is 1. The maximum Gasteiger partial charge on any atom is 0.173 e. The summed E-state index contributed by atoms with van der Waals surface area (Å²) >= 11 is 5.73. The molecule has 0 aliphatic carbocycles. The number of anilines is 2. The molecule has 2 aliphatic rings. The minimum absolute atomic E-state index is 0.327. The highest BCUT2D eigenvalue weighted by atomic mass is 32.1. The largest absolute Gasteiger partial charge is 0.379 e. The number of nitrogens with zero attached hydrogens (tertiary/aromatic N) is 3. The molecule has 0 radical (unpaired) electrons.